The molecule has 0 radical (unpaired) electrons. The molecule has 5 heteroatoms. The molecule has 1 aromatic carbocycles. The maximum absolute atomic E-state index is 11.4. The van der Waals surface area contributed by atoms with E-state index in [-0.39, 0.29) is 12.6 Å². The van der Waals surface area contributed by atoms with Crippen LogP contribution >= 0.6 is 0 Å². The van der Waals surface area contributed by atoms with Gasteiger partial charge in [-0.05, 0) is 13.0 Å². The zero-order valence-corrected chi connectivity index (χ0v) is 10.4. The molecule has 0 aliphatic carbocycles. The predicted molar refractivity (Wildman–Crippen MR) is 67.5 cm³/mol. The fourth-order valence-corrected chi connectivity index (χ4v) is 2.07. The summed E-state index contributed by atoms with van der Waals surface area (Å²) in [5.74, 6) is 0.684. The van der Waals surface area contributed by atoms with Gasteiger partial charge in [0, 0.05) is 18.5 Å². The van der Waals surface area contributed by atoms with Gasteiger partial charge in [0.15, 0.2) is 0 Å². The van der Waals surface area contributed by atoms with Gasteiger partial charge in [0.05, 0.1) is 13.2 Å². The van der Waals surface area contributed by atoms with Crippen LogP contribution in [-0.2, 0) is 5.60 Å². The summed E-state index contributed by atoms with van der Waals surface area (Å²) in [4.78, 5) is 11.4. The van der Waals surface area contributed by atoms with Gasteiger partial charge in [-0.15, -0.1) is 0 Å². The Bertz CT molecular complexity index is 436. The standard InChI is InChI=1S/C13H18N2O3/c1-2-14-12(16)15-9-13(17)7-8-18-11-6-4-3-5-10(11)13/h3-6,17H,2,7-9H2,1H3,(H2,14,15,16). The molecule has 2 amide bonds. The lowest BCUT2D eigenvalue weighted by molar-refractivity contribution is 0.0000812. The Morgan fingerprint density at radius 2 is 2.22 bits per heavy atom. The average Bonchev–Trinajstić information content (AvgIpc) is 2.38. The fourth-order valence-electron chi connectivity index (χ4n) is 2.07. The first-order chi connectivity index (χ1) is 8.65. The van der Waals surface area contributed by atoms with Crippen LogP contribution in [0.1, 0.15) is 18.9 Å². The third kappa shape index (κ3) is 2.56. The van der Waals surface area contributed by atoms with E-state index in [0.29, 0.717) is 25.3 Å². The van der Waals surface area contributed by atoms with E-state index in [0.717, 1.165) is 5.56 Å². The first-order valence-electron chi connectivity index (χ1n) is 6.12. The molecule has 0 saturated heterocycles. The molecule has 0 fully saturated rings. The summed E-state index contributed by atoms with van der Waals surface area (Å²) in [6.07, 6.45) is 0.469. The van der Waals surface area contributed by atoms with Gasteiger partial charge >= 0.3 is 6.03 Å². The van der Waals surface area contributed by atoms with Crippen LogP contribution in [0.25, 0.3) is 0 Å². The molecule has 2 rings (SSSR count). The van der Waals surface area contributed by atoms with Gasteiger partial charge in [-0.25, -0.2) is 4.79 Å². The summed E-state index contributed by atoms with van der Waals surface area (Å²) >= 11 is 0. The van der Waals surface area contributed by atoms with E-state index in [1.807, 2.05) is 31.2 Å². The predicted octanol–water partition coefficient (Wildman–Crippen LogP) is 0.976. The quantitative estimate of drug-likeness (QED) is 0.748. The highest BCUT2D eigenvalue weighted by Gasteiger charge is 2.35. The molecule has 0 bridgehead atoms. The number of carbonyl (C=O) groups excluding carboxylic acids is 1. The minimum Gasteiger partial charge on any atom is -0.493 e. The topological polar surface area (TPSA) is 70.6 Å². The molecular formula is C13H18N2O3. The van der Waals surface area contributed by atoms with E-state index in [1.165, 1.54) is 0 Å². The van der Waals surface area contributed by atoms with Crippen molar-refractivity contribution in [1.29, 1.82) is 0 Å². The van der Waals surface area contributed by atoms with Crippen molar-refractivity contribution in [2.75, 3.05) is 19.7 Å². The molecule has 5 nitrogen and oxygen atoms in total. The third-order valence-electron chi connectivity index (χ3n) is 3.04. The molecule has 18 heavy (non-hydrogen) atoms. The van der Waals surface area contributed by atoms with E-state index in [4.69, 9.17) is 4.74 Å². The van der Waals surface area contributed by atoms with Crippen LogP contribution in [-0.4, -0.2) is 30.8 Å². The number of amides is 2. The third-order valence-corrected chi connectivity index (χ3v) is 3.04. The monoisotopic (exact) mass is 250 g/mol. The van der Waals surface area contributed by atoms with Gasteiger partial charge in [0.25, 0.3) is 0 Å². The Labute approximate surface area is 106 Å². The highest BCUT2D eigenvalue weighted by atomic mass is 16.5. The lowest BCUT2D eigenvalue weighted by Crippen LogP contribution is -2.46. The van der Waals surface area contributed by atoms with Crippen LogP contribution in [0.5, 0.6) is 5.75 Å². The normalized spacial score (nSPS) is 21.7. The number of benzene rings is 1. The van der Waals surface area contributed by atoms with Crippen molar-refractivity contribution in [3.05, 3.63) is 29.8 Å². The smallest absolute Gasteiger partial charge is 0.314 e. The van der Waals surface area contributed by atoms with Crippen molar-refractivity contribution in [1.82, 2.24) is 10.6 Å². The first kappa shape index (κ1) is 12.7. The second-order valence-corrected chi connectivity index (χ2v) is 4.34. The molecule has 1 atom stereocenters. The summed E-state index contributed by atoms with van der Waals surface area (Å²) in [6.45, 7) is 3.03. The van der Waals surface area contributed by atoms with E-state index in [1.54, 1.807) is 0 Å². The lowest BCUT2D eigenvalue weighted by Gasteiger charge is -2.34. The maximum atomic E-state index is 11.4. The van der Waals surface area contributed by atoms with Crippen LogP contribution in [0, 0.1) is 0 Å². The van der Waals surface area contributed by atoms with Crippen molar-refractivity contribution in [2.45, 2.75) is 18.9 Å². The van der Waals surface area contributed by atoms with Gasteiger partial charge in [0.2, 0.25) is 0 Å². The number of nitrogens with one attached hydrogen (secondary N) is 2. The molecule has 0 saturated carbocycles. The highest BCUT2D eigenvalue weighted by Crippen LogP contribution is 2.36. The molecule has 0 aromatic heterocycles. The molecule has 1 unspecified atom stereocenters. The first-order valence-corrected chi connectivity index (χ1v) is 6.12. The van der Waals surface area contributed by atoms with Crippen LogP contribution < -0.4 is 15.4 Å². The van der Waals surface area contributed by atoms with Gasteiger partial charge in [-0.1, -0.05) is 18.2 Å². The molecule has 1 aliphatic heterocycles. The Kier molecular flexibility index (Phi) is 3.72. The number of urea groups is 1. The number of aliphatic hydroxyl groups is 1. The number of hydrogen-bond donors (Lipinski definition) is 3. The Hall–Kier alpha value is -1.75. The van der Waals surface area contributed by atoms with Crippen LogP contribution in [0.3, 0.4) is 0 Å². The van der Waals surface area contributed by atoms with E-state index in [2.05, 4.69) is 10.6 Å². The fraction of sp³-hybridized carbons (Fsp3) is 0.462. The zero-order valence-electron chi connectivity index (χ0n) is 10.4. The number of hydrogen-bond acceptors (Lipinski definition) is 3. The van der Waals surface area contributed by atoms with E-state index < -0.39 is 5.60 Å². The number of fused-ring (bicyclic) bond motifs is 1. The molecule has 1 aromatic rings. The van der Waals surface area contributed by atoms with Crippen molar-refractivity contribution in [3.63, 3.8) is 0 Å². The Morgan fingerprint density at radius 1 is 1.44 bits per heavy atom. The Morgan fingerprint density at radius 3 is 3.00 bits per heavy atom. The maximum Gasteiger partial charge on any atom is 0.314 e. The second kappa shape index (κ2) is 5.27. The molecule has 98 valence electrons. The number of para-hydroxylation sites is 1. The summed E-state index contributed by atoms with van der Waals surface area (Å²) in [6, 6.07) is 7.10. The highest BCUT2D eigenvalue weighted by molar-refractivity contribution is 5.73. The van der Waals surface area contributed by atoms with Gasteiger partial charge in [-0.2, -0.15) is 0 Å². The zero-order chi connectivity index (χ0) is 13.0. The summed E-state index contributed by atoms with van der Waals surface area (Å²) in [7, 11) is 0. The van der Waals surface area contributed by atoms with Gasteiger partial charge in [0.1, 0.15) is 11.4 Å². The molecule has 0 spiro atoms. The van der Waals surface area contributed by atoms with E-state index in [9.17, 15) is 9.90 Å². The number of carbonyl (C=O) groups is 1. The number of ether oxygens (including phenoxy) is 1. The molecular weight excluding hydrogens is 232 g/mol. The molecule has 1 aliphatic rings. The van der Waals surface area contributed by atoms with E-state index >= 15 is 0 Å². The molecule has 3 N–H and O–H groups in total. The van der Waals surface area contributed by atoms with Crippen molar-refractivity contribution in [2.24, 2.45) is 0 Å². The second-order valence-electron chi connectivity index (χ2n) is 4.34. The minimum atomic E-state index is -1.06. The largest absolute Gasteiger partial charge is 0.493 e. The SMILES string of the molecule is CCNC(=O)NCC1(O)CCOc2ccccc21. The van der Waals surface area contributed by atoms with Gasteiger partial charge in [-0.3, -0.25) is 0 Å². The summed E-state index contributed by atoms with van der Waals surface area (Å²) < 4.78 is 5.48. The van der Waals surface area contributed by atoms with Crippen LogP contribution in [0.4, 0.5) is 4.79 Å². The minimum absolute atomic E-state index is 0.180. The van der Waals surface area contributed by atoms with Crippen molar-refractivity contribution >= 4 is 6.03 Å². The number of rotatable bonds is 3. The summed E-state index contributed by atoms with van der Waals surface area (Å²) in [5, 5.41) is 15.9. The average molecular weight is 250 g/mol. The Balaban J connectivity index is 2.10. The van der Waals surface area contributed by atoms with Crippen molar-refractivity contribution < 1.29 is 14.6 Å². The lowest BCUT2D eigenvalue weighted by atomic mass is 9.88. The van der Waals surface area contributed by atoms with Crippen LogP contribution in [0.2, 0.25) is 0 Å². The summed E-state index contributed by atoms with van der Waals surface area (Å²) in [5.41, 5.74) is -0.326. The molecule has 1 heterocycles. The van der Waals surface area contributed by atoms with Crippen molar-refractivity contribution in [3.8, 4) is 5.75 Å². The van der Waals surface area contributed by atoms with Gasteiger partial charge < -0.3 is 20.5 Å². The van der Waals surface area contributed by atoms with Crippen LogP contribution in [0.15, 0.2) is 24.3 Å².